The van der Waals surface area contributed by atoms with Crippen molar-refractivity contribution in [2.75, 3.05) is 45.3 Å². The first kappa shape index (κ1) is 24.2. The van der Waals surface area contributed by atoms with E-state index in [1.807, 2.05) is 0 Å². The first-order valence-electron chi connectivity index (χ1n) is 8.58. The highest BCUT2D eigenvalue weighted by Crippen LogP contribution is 2.37. The van der Waals surface area contributed by atoms with E-state index < -0.39 is 22.2 Å². The molecule has 9 nitrogen and oxygen atoms in total. The molecule has 3 rings (SSSR count). The molecule has 1 aromatic heterocycles. The summed E-state index contributed by atoms with van der Waals surface area (Å²) in [7, 11) is -1.12. The summed E-state index contributed by atoms with van der Waals surface area (Å²) >= 11 is 0. The molecule has 1 aliphatic rings. The summed E-state index contributed by atoms with van der Waals surface area (Å²) < 4.78 is 74.9. The lowest BCUT2D eigenvalue weighted by molar-refractivity contribution is -0.144. The van der Waals surface area contributed by atoms with E-state index in [1.54, 1.807) is 4.90 Å². The molecule has 0 amide bonds. The number of nitrogens with two attached hydrogens (primary N) is 1. The Morgan fingerprint density at radius 2 is 1.67 bits per heavy atom. The fourth-order valence-corrected chi connectivity index (χ4v) is 3.89. The number of halogens is 4. The van der Waals surface area contributed by atoms with Crippen LogP contribution in [0.15, 0.2) is 12.1 Å². The van der Waals surface area contributed by atoms with Crippen LogP contribution in [0, 0.1) is 0 Å². The molecular formula is C16H21ClF3N5O4S. The van der Waals surface area contributed by atoms with E-state index in [9.17, 15) is 21.6 Å². The van der Waals surface area contributed by atoms with Gasteiger partial charge in [-0.2, -0.15) is 25.9 Å². The Labute approximate surface area is 177 Å². The van der Waals surface area contributed by atoms with Crippen LogP contribution in [0.3, 0.4) is 0 Å². The number of aromatic nitrogens is 2. The summed E-state index contributed by atoms with van der Waals surface area (Å²) in [6.07, 6.45) is -4.38. The van der Waals surface area contributed by atoms with Gasteiger partial charge < -0.3 is 14.4 Å². The summed E-state index contributed by atoms with van der Waals surface area (Å²) in [4.78, 5) is 8.98. The predicted molar refractivity (Wildman–Crippen MR) is 106 cm³/mol. The van der Waals surface area contributed by atoms with Crippen LogP contribution in [-0.4, -0.2) is 63.1 Å². The molecule has 0 spiro atoms. The summed E-state index contributed by atoms with van der Waals surface area (Å²) in [6, 6.07) is 2.86. The normalized spacial score (nSPS) is 16.1. The third kappa shape index (κ3) is 4.96. The number of methoxy groups -OCH3 is 2. The second-order valence-corrected chi connectivity index (χ2v) is 7.92. The number of fused-ring (bicyclic) bond motifs is 1. The zero-order valence-corrected chi connectivity index (χ0v) is 17.8. The van der Waals surface area contributed by atoms with Crippen molar-refractivity contribution in [3.8, 4) is 11.5 Å². The van der Waals surface area contributed by atoms with Crippen molar-refractivity contribution in [3.05, 3.63) is 18.0 Å². The maximum absolute atomic E-state index is 13.4. The zero-order chi connectivity index (χ0) is 21.4. The quantitative estimate of drug-likeness (QED) is 0.723. The van der Waals surface area contributed by atoms with E-state index in [-0.39, 0.29) is 49.1 Å². The molecule has 0 bridgehead atoms. The smallest absolute Gasteiger partial charge is 0.451 e. The molecular weight excluding hydrogens is 451 g/mol. The SMILES string of the molecule is COc1cc2nc(C(F)(F)F)nc(N3CCCN(S(N)(=O)=O)CC3)c2cc1OC.Cl. The first-order chi connectivity index (χ1) is 13.5. The zero-order valence-electron chi connectivity index (χ0n) is 16.1. The number of anilines is 1. The van der Waals surface area contributed by atoms with Gasteiger partial charge in [-0.25, -0.2) is 15.1 Å². The van der Waals surface area contributed by atoms with Gasteiger partial charge in [0.1, 0.15) is 5.82 Å². The number of benzene rings is 1. The first-order valence-corrected chi connectivity index (χ1v) is 10.1. The Morgan fingerprint density at radius 1 is 1.03 bits per heavy atom. The highest BCUT2D eigenvalue weighted by atomic mass is 35.5. The van der Waals surface area contributed by atoms with Gasteiger partial charge in [0, 0.05) is 37.6 Å². The van der Waals surface area contributed by atoms with Gasteiger partial charge in [0.15, 0.2) is 11.5 Å². The topological polar surface area (TPSA) is 111 Å². The van der Waals surface area contributed by atoms with Crippen LogP contribution < -0.4 is 19.5 Å². The van der Waals surface area contributed by atoms with Crippen molar-refractivity contribution < 1.29 is 31.1 Å². The van der Waals surface area contributed by atoms with E-state index in [0.717, 1.165) is 4.31 Å². The molecule has 1 aromatic carbocycles. The third-order valence-electron chi connectivity index (χ3n) is 4.55. The molecule has 1 saturated heterocycles. The second-order valence-electron chi connectivity index (χ2n) is 6.38. The molecule has 0 aliphatic carbocycles. The molecule has 0 atom stereocenters. The minimum absolute atomic E-state index is 0. The van der Waals surface area contributed by atoms with Crippen molar-refractivity contribution in [2.45, 2.75) is 12.6 Å². The molecule has 14 heteroatoms. The molecule has 2 aromatic rings. The van der Waals surface area contributed by atoms with Gasteiger partial charge in [0.25, 0.3) is 10.2 Å². The summed E-state index contributed by atoms with van der Waals surface area (Å²) in [5.41, 5.74) is 0.0347. The Kier molecular flexibility index (Phi) is 7.22. The number of alkyl halides is 3. The van der Waals surface area contributed by atoms with Gasteiger partial charge in [-0.3, -0.25) is 0 Å². The number of hydrogen-bond donors (Lipinski definition) is 1. The molecule has 2 N–H and O–H groups in total. The molecule has 30 heavy (non-hydrogen) atoms. The van der Waals surface area contributed by atoms with E-state index in [4.69, 9.17) is 14.6 Å². The van der Waals surface area contributed by atoms with E-state index >= 15 is 0 Å². The number of ether oxygens (including phenoxy) is 2. The molecule has 1 fully saturated rings. The van der Waals surface area contributed by atoms with Crippen LogP contribution in [0.25, 0.3) is 10.9 Å². The Morgan fingerprint density at radius 3 is 2.23 bits per heavy atom. The van der Waals surface area contributed by atoms with Crippen LogP contribution in [0.1, 0.15) is 12.2 Å². The number of nitrogens with zero attached hydrogens (tertiary/aromatic N) is 4. The Bertz CT molecular complexity index is 1020. The van der Waals surface area contributed by atoms with E-state index in [0.29, 0.717) is 24.1 Å². The van der Waals surface area contributed by atoms with Crippen molar-refractivity contribution >= 4 is 39.3 Å². The summed E-state index contributed by atoms with van der Waals surface area (Å²) in [5.74, 6) is -0.709. The Hall–Kier alpha value is -2.09. The van der Waals surface area contributed by atoms with Gasteiger partial charge in [0.2, 0.25) is 5.82 Å². The Balaban J connectivity index is 0.00000320. The van der Waals surface area contributed by atoms with E-state index in [2.05, 4.69) is 9.97 Å². The molecule has 2 heterocycles. The fourth-order valence-electron chi connectivity index (χ4n) is 3.17. The molecule has 0 radical (unpaired) electrons. The molecule has 1 aliphatic heterocycles. The highest BCUT2D eigenvalue weighted by molar-refractivity contribution is 7.86. The monoisotopic (exact) mass is 471 g/mol. The maximum atomic E-state index is 13.4. The van der Waals surface area contributed by atoms with Gasteiger partial charge in [-0.05, 0) is 12.5 Å². The van der Waals surface area contributed by atoms with Gasteiger partial charge in [-0.1, -0.05) is 0 Å². The summed E-state index contributed by atoms with van der Waals surface area (Å²) in [5, 5.41) is 5.51. The number of hydrogen-bond acceptors (Lipinski definition) is 7. The highest BCUT2D eigenvalue weighted by Gasteiger charge is 2.36. The minimum atomic E-state index is -4.76. The van der Waals surface area contributed by atoms with Gasteiger partial charge >= 0.3 is 6.18 Å². The van der Waals surface area contributed by atoms with Gasteiger partial charge in [-0.15, -0.1) is 12.4 Å². The average molecular weight is 472 g/mol. The van der Waals surface area contributed by atoms with Crippen molar-refractivity contribution in [1.82, 2.24) is 14.3 Å². The largest absolute Gasteiger partial charge is 0.493 e. The minimum Gasteiger partial charge on any atom is -0.493 e. The predicted octanol–water partition coefficient (Wildman–Crippen LogP) is 1.80. The lowest BCUT2D eigenvalue weighted by Gasteiger charge is -2.24. The van der Waals surface area contributed by atoms with Crippen molar-refractivity contribution in [1.29, 1.82) is 0 Å². The molecule has 0 unspecified atom stereocenters. The van der Waals surface area contributed by atoms with Crippen molar-refractivity contribution in [2.24, 2.45) is 5.14 Å². The lowest BCUT2D eigenvalue weighted by atomic mass is 10.2. The van der Waals surface area contributed by atoms with Crippen LogP contribution in [0.5, 0.6) is 11.5 Å². The van der Waals surface area contributed by atoms with Crippen molar-refractivity contribution in [3.63, 3.8) is 0 Å². The fraction of sp³-hybridized carbons (Fsp3) is 0.500. The lowest BCUT2D eigenvalue weighted by Crippen LogP contribution is -2.39. The van der Waals surface area contributed by atoms with Crippen LogP contribution in [-0.2, 0) is 16.4 Å². The van der Waals surface area contributed by atoms with Gasteiger partial charge in [0.05, 0.1) is 19.7 Å². The molecule has 168 valence electrons. The molecule has 0 saturated carbocycles. The van der Waals surface area contributed by atoms with Crippen LogP contribution >= 0.6 is 12.4 Å². The van der Waals surface area contributed by atoms with Crippen LogP contribution in [0.4, 0.5) is 19.0 Å². The maximum Gasteiger partial charge on any atom is 0.451 e. The average Bonchev–Trinajstić information content (AvgIpc) is 2.91. The summed E-state index contributed by atoms with van der Waals surface area (Å²) in [6.45, 7) is 0.610. The second kappa shape index (κ2) is 8.96. The third-order valence-corrected chi connectivity index (χ3v) is 5.63. The van der Waals surface area contributed by atoms with E-state index in [1.165, 1.54) is 26.4 Å². The standard InChI is InChI=1S/C16H20F3N5O4S.ClH/c1-27-12-8-10-11(9-13(12)28-2)21-15(16(17,18)19)22-14(10)23-4-3-5-24(7-6-23)29(20,25)26;/h8-9H,3-7H2,1-2H3,(H2,20,25,26);1H. The van der Waals surface area contributed by atoms with Crippen LogP contribution in [0.2, 0.25) is 0 Å². The number of rotatable bonds is 4.